The summed E-state index contributed by atoms with van der Waals surface area (Å²) in [5.74, 6) is -0.265. The molecule has 1 aliphatic rings. The Morgan fingerprint density at radius 1 is 0.926 bits per heavy atom. The number of hydrogen-bond acceptors (Lipinski definition) is 3. The summed E-state index contributed by atoms with van der Waals surface area (Å²) in [5.41, 5.74) is 1.20. The number of halogens is 1. The fraction of sp³-hybridized carbons (Fsp3) is 0.478. The largest absolute Gasteiger partial charge is 0.385 e. The van der Waals surface area contributed by atoms with Gasteiger partial charge in [-0.3, -0.25) is 4.90 Å². The molecule has 27 heavy (non-hydrogen) atoms. The van der Waals surface area contributed by atoms with E-state index in [0.29, 0.717) is 12.8 Å². The second-order valence-electron chi connectivity index (χ2n) is 7.44. The lowest BCUT2D eigenvalue weighted by Crippen LogP contribution is -2.37. The molecule has 0 spiro atoms. The SMILES string of the molecule is OC(CCCc1ccccc1)(CCCN1CCOCC1)c1ccc(F)cc1. The van der Waals surface area contributed by atoms with Crippen LogP contribution in [-0.2, 0) is 16.8 Å². The first-order valence-electron chi connectivity index (χ1n) is 9.98. The van der Waals surface area contributed by atoms with Crippen molar-refractivity contribution in [1.82, 2.24) is 4.90 Å². The van der Waals surface area contributed by atoms with E-state index in [2.05, 4.69) is 17.0 Å². The van der Waals surface area contributed by atoms with E-state index in [1.807, 2.05) is 18.2 Å². The number of nitrogens with zero attached hydrogens (tertiary/aromatic N) is 1. The Kier molecular flexibility index (Phi) is 7.39. The van der Waals surface area contributed by atoms with Gasteiger partial charge >= 0.3 is 0 Å². The molecule has 146 valence electrons. The van der Waals surface area contributed by atoms with Crippen LogP contribution in [0.4, 0.5) is 4.39 Å². The van der Waals surface area contributed by atoms with E-state index in [0.717, 1.165) is 57.7 Å². The van der Waals surface area contributed by atoms with Crippen LogP contribution in [0.1, 0.15) is 36.8 Å². The van der Waals surface area contributed by atoms with Gasteiger partial charge < -0.3 is 9.84 Å². The minimum absolute atomic E-state index is 0.265. The van der Waals surface area contributed by atoms with Gasteiger partial charge in [-0.15, -0.1) is 0 Å². The molecule has 2 aromatic rings. The average Bonchev–Trinajstić information content (AvgIpc) is 2.70. The van der Waals surface area contributed by atoms with Crippen molar-refractivity contribution in [1.29, 1.82) is 0 Å². The van der Waals surface area contributed by atoms with Gasteiger partial charge in [0.25, 0.3) is 0 Å². The average molecular weight is 371 g/mol. The second kappa shape index (κ2) is 9.98. The van der Waals surface area contributed by atoms with Gasteiger partial charge in [0.1, 0.15) is 5.82 Å². The van der Waals surface area contributed by atoms with E-state index in [4.69, 9.17) is 4.74 Å². The highest BCUT2D eigenvalue weighted by Gasteiger charge is 2.28. The molecular weight excluding hydrogens is 341 g/mol. The number of rotatable bonds is 9. The number of morpholine rings is 1. The molecule has 0 amide bonds. The summed E-state index contributed by atoms with van der Waals surface area (Å²) in [6, 6.07) is 16.7. The molecule has 1 fully saturated rings. The molecule has 0 radical (unpaired) electrons. The minimum Gasteiger partial charge on any atom is -0.385 e. The van der Waals surface area contributed by atoms with Gasteiger partial charge in [-0.05, 0) is 61.9 Å². The summed E-state index contributed by atoms with van der Waals surface area (Å²) < 4.78 is 18.7. The molecule has 0 bridgehead atoms. The summed E-state index contributed by atoms with van der Waals surface area (Å²) in [4.78, 5) is 2.39. The third kappa shape index (κ3) is 6.13. The van der Waals surface area contributed by atoms with Crippen LogP contribution in [0.2, 0.25) is 0 Å². The topological polar surface area (TPSA) is 32.7 Å². The highest BCUT2D eigenvalue weighted by molar-refractivity contribution is 5.23. The number of hydrogen-bond donors (Lipinski definition) is 1. The molecule has 4 heteroatoms. The Morgan fingerprint density at radius 3 is 2.30 bits per heavy atom. The zero-order valence-corrected chi connectivity index (χ0v) is 15.9. The molecule has 3 nitrogen and oxygen atoms in total. The highest BCUT2D eigenvalue weighted by Crippen LogP contribution is 2.32. The highest BCUT2D eigenvalue weighted by atomic mass is 19.1. The van der Waals surface area contributed by atoms with E-state index in [-0.39, 0.29) is 5.82 Å². The molecule has 1 unspecified atom stereocenters. The van der Waals surface area contributed by atoms with Crippen molar-refractivity contribution < 1.29 is 14.2 Å². The van der Waals surface area contributed by atoms with E-state index in [9.17, 15) is 9.50 Å². The van der Waals surface area contributed by atoms with Crippen LogP contribution < -0.4 is 0 Å². The van der Waals surface area contributed by atoms with Crippen LogP contribution in [0.25, 0.3) is 0 Å². The van der Waals surface area contributed by atoms with Crippen LogP contribution in [0.15, 0.2) is 54.6 Å². The third-order valence-corrected chi connectivity index (χ3v) is 5.45. The monoisotopic (exact) mass is 371 g/mol. The Bertz CT molecular complexity index is 671. The zero-order valence-electron chi connectivity index (χ0n) is 15.9. The molecule has 1 aliphatic heterocycles. The molecule has 0 aromatic heterocycles. The molecule has 0 aliphatic carbocycles. The van der Waals surface area contributed by atoms with Crippen molar-refractivity contribution in [3.8, 4) is 0 Å². The minimum atomic E-state index is -0.908. The van der Waals surface area contributed by atoms with Crippen LogP contribution in [-0.4, -0.2) is 42.9 Å². The molecule has 1 atom stereocenters. The first-order chi connectivity index (χ1) is 13.2. The maximum absolute atomic E-state index is 13.3. The van der Waals surface area contributed by atoms with Crippen molar-refractivity contribution in [2.75, 3.05) is 32.8 Å². The first-order valence-corrected chi connectivity index (χ1v) is 9.98. The van der Waals surface area contributed by atoms with Crippen molar-refractivity contribution >= 4 is 0 Å². The molecular formula is C23H30FNO2. The smallest absolute Gasteiger partial charge is 0.123 e. The predicted molar refractivity (Wildman–Crippen MR) is 106 cm³/mol. The summed E-state index contributed by atoms with van der Waals surface area (Å²) in [6.45, 7) is 4.47. The standard InChI is InChI=1S/C23H30FNO2/c24-22-11-9-21(10-12-22)23(26,13-4-8-20-6-2-1-3-7-20)14-5-15-25-16-18-27-19-17-25/h1-3,6-7,9-12,26H,4-5,8,13-19H2. The molecule has 1 saturated heterocycles. The van der Waals surface area contributed by atoms with Crippen molar-refractivity contribution in [2.24, 2.45) is 0 Å². The van der Waals surface area contributed by atoms with Gasteiger partial charge in [0.15, 0.2) is 0 Å². The molecule has 0 saturated carbocycles. The van der Waals surface area contributed by atoms with E-state index < -0.39 is 5.60 Å². The molecule has 1 heterocycles. The van der Waals surface area contributed by atoms with E-state index in [1.54, 1.807) is 12.1 Å². The zero-order chi connectivity index (χ0) is 19.0. The van der Waals surface area contributed by atoms with Crippen molar-refractivity contribution in [3.63, 3.8) is 0 Å². The number of aliphatic hydroxyl groups is 1. The van der Waals surface area contributed by atoms with Crippen LogP contribution in [0, 0.1) is 5.82 Å². The van der Waals surface area contributed by atoms with Crippen molar-refractivity contribution in [2.45, 2.75) is 37.7 Å². The Hall–Kier alpha value is -1.75. The van der Waals surface area contributed by atoms with Gasteiger partial charge in [-0.1, -0.05) is 42.5 Å². The van der Waals surface area contributed by atoms with E-state index in [1.165, 1.54) is 17.7 Å². The van der Waals surface area contributed by atoms with Crippen LogP contribution >= 0.6 is 0 Å². The fourth-order valence-electron chi connectivity index (χ4n) is 3.82. The maximum atomic E-state index is 13.3. The van der Waals surface area contributed by atoms with Gasteiger partial charge in [0.2, 0.25) is 0 Å². The quantitative estimate of drug-likeness (QED) is 0.719. The lowest BCUT2D eigenvalue weighted by molar-refractivity contribution is 0.00430. The summed E-state index contributed by atoms with van der Waals surface area (Å²) >= 11 is 0. The second-order valence-corrected chi connectivity index (χ2v) is 7.44. The van der Waals surface area contributed by atoms with Crippen LogP contribution in [0.5, 0.6) is 0 Å². The fourth-order valence-corrected chi connectivity index (χ4v) is 3.82. The predicted octanol–water partition coefficient (Wildman–Crippen LogP) is 4.15. The summed E-state index contributed by atoms with van der Waals surface area (Å²) in [7, 11) is 0. The van der Waals surface area contributed by atoms with Gasteiger partial charge in [0, 0.05) is 13.1 Å². The van der Waals surface area contributed by atoms with E-state index >= 15 is 0 Å². The lowest BCUT2D eigenvalue weighted by atomic mass is 9.84. The lowest BCUT2D eigenvalue weighted by Gasteiger charge is -2.31. The number of ether oxygens (including phenoxy) is 1. The summed E-state index contributed by atoms with van der Waals surface area (Å²) in [5, 5.41) is 11.4. The Morgan fingerprint density at radius 2 is 1.59 bits per heavy atom. The molecule has 1 N–H and O–H groups in total. The molecule has 2 aromatic carbocycles. The first kappa shape index (κ1) is 20.0. The normalized spacial score (nSPS) is 17.6. The van der Waals surface area contributed by atoms with Crippen LogP contribution in [0.3, 0.4) is 0 Å². The van der Waals surface area contributed by atoms with Gasteiger partial charge in [-0.2, -0.15) is 0 Å². The van der Waals surface area contributed by atoms with Gasteiger partial charge in [-0.25, -0.2) is 4.39 Å². The maximum Gasteiger partial charge on any atom is 0.123 e. The Labute approximate surface area is 161 Å². The molecule has 3 rings (SSSR count). The van der Waals surface area contributed by atoms with Crippen molar-refractivity contribution in [3.05, 3.63) is 71.5 Å². The number of aryl methyl sites for hydroxylation is 1. The third-order valence-electron chi connectivity index (χ3n) is 5.45. The summed E-state index contributed by atoms with van der Waals surface area (Å²) in [6.07, 6.45) is 4.11. The Balaban J connectivity index is 1.59. The van der Waals surface area contributed by atoms with Gasteiger partial charge in [0.05, 0.1) is 18.8 Å². The number of benzene rings is 2.